The number of amides is 3. The first-order chi connectivity index (χ1) is 11.0. The molecule has 0 radical (unpaired) electrons. The molecule has 0 saturated heterocycles. The Morgan fingerprint density at radius 2 is 1.78 bits per heavy atom. The van der Waals surface area contributed by atoms with E-state index < -0.39 is 5.97 Å². The van der Waals surface area contributed by atoms with Gasteiger partial charge < -0.3 is 20.6 Å². The van der Waals surface area contributed by atoms with Crippen LogP contribution in [0, 0.1) is 0 Å². The number of carboxylic acid groups (broad SMARTS) is 1. The van der Waals surface area contributed by atoms with Gasteiger partial charge in [-0.2, -0.15) is 0 Å². The van der Waals surface area contributed by atoms with E-state index in [0.717, 1.165) is 25.7 Å². The average molecular weight is 327 g/mol. The van der Waals surface area contributed by atoms with Gasteiger partial charge in [-0.1, -0.05) is 25.7 Å². The van der Waals surface area contributed by atoms with Gasteiger partial charge in [-0.15, -0.1) is 0 Å². The van der Waals surface area contributed by atoms with Gasteiger partial charge in [0.1, 0.15) is 6.54 Å². The Labute approximate surface area is 137 Å². The molecule has 1 aliphatic rings. The summed E-state index contributed by atoms with van der Waals surface area (Å²) in [6.07, 6.45) is 8.47. The Morgan fingerprint density at radius 3 is 2.43 bits per heavy atom. The van der Waals surface area contributed by atoms with Crippen molar-refractivity contribution in [3.8, 4) is 0 Å². The molecule has 1 rings (SSSR count). The summed E-state index contributed by atoms with van der Waals surface area (Å²) in [6.45, 7) is 0.333. The molecule has 0 aromatic rings. The van der Waals surface area contributed by atoms with Crippen LogP contribution in [-0.2, 0) is 9.59 Å². The molecule has 0 aromatic carbocycles. The summed E-state index contributed by atoms with van der Waals surface area (Å²) in [5, 5.41) is 14.4. The molecule has 3 N–H and O–H groups in total. The Hall–Kier alpha value is -1.79. The maximum Gasteiger partial charge on any atom is 0.323 e. The van der Waals surface area contributed by atoms with Gasteiger partial charge in [-0.3, -0.25) is 9.59 Å². The molecule has 1 fully saturated rings. The van der Waals surface area contributed by atoms with Crippen LogP contribution in [0.2, 0.25) is 0 Å². The molecular formula is C16H29N3O4. The minimum absolute atomic E-state index is 0.103. The second-order valence-corrected chi connectivity index (χ2v) is 6.19. The quantitative estimate of drug-likeness (QED) is 0.562. The number of aliphatic carboxylic acids is 1. The Morgan fingerprint density at radius 1 is 1.09 bits per heavy atom. The van der Waals surface area contributed by atoms with Gasteiger partial charge in [0.25, 0.3) is 0 Å². The van der Waals surface area contributed by atoms with Crippen molar-refractivity contribution in [1.29, 1.82) is 0 Å². The van der Waals surface area contributed by atoms with Crippen molar-refractivity contribution in [1.82, 2.24) is 15.5 Å². The summed E-state index contributed by atoms with van der Waals surface area (Å²) in [4.78, 5) is 35.0. The predicted molar refractivity (Wildman–Crippen MR) is 87.1 cm³/mol. The number of carbonyl (C=O) groups excluding carboxylic acids is 2. The molecule has 23 heavy (non-hydrogen) atoms. The lowest BCUT2D eigenvalue weighted by Crippen LogP contribution is -2.43. The van der Waals surface area contributed by atoms with Crippen molar-refractivity contribution in [2.75, 3.05) is 20.1 Å². The van der Waals surface area contributed by atoms with Gasteiger partial charge in [-0.25, -0.2) is 4.79 Å². The lowest BCUT2D eigenvalue weighted by molar-refractivity contribution is -0.143. The van der Waals surface area contributed by atoms with Crippen LogP contribution in [-0.4, -0.2) is 54.1 Å². The number of nitrogens with one attached hydrogen (secondary N) is 2. The molecule has 0 atom stereocenters. The molecular weight excluding hydrogens is 298 g/mol. The highest BCUT2D eigenvalue weighted by Crippen LogP contribution is 2.17. The number of carbonyl (C=O) groups is 3. The zero-order chi connectivity index (χ0) is 17.1. The van der Waals surface area contributed by atoms with Gasteiger partial charge >= 0.3 is 12.0 Å². The summed E-state index contributed by atoms with van der Waals surface area (Å²) in [5.41, 5.74) is 0. The molecule has 0 heterocycles. The molecule has 1 aliphatic carbocycles. The number of rotatable bonds is 9. The molecule has 1 saturated carbocycles. The van der Waals surface area contributed by atoms with Gasteiger partial charge in [0, 0.05) is 26.1 Å². The van der Waals surface area contributed by atoms with Gasteiger partial charge in [-0.05, 0) is 25.7 Å². The van der Waals surface area contributed by atoms with Crippen molar-refractivity contribution in [2.45, 2.75) is 63.8 Å². The highest BCUT2D eigenvalue weighted by molar-refractivity contribution is 5.80. The van der Waals surface area contributed by atoms with E-state index in [4.69, 9.17) is 5.11 Å². The van der Waals surface area contributed by atoms with E-state index >= 15 is 0 Å². The Kier molecular flexibility index (Phi) is 9.09. The van der Waals surface area contributed by atoms with Crippen LogP contribution in [0.4, 0.5) is 4.79 Å². The SMILES string of the molecule is CN(CC(=O)O)C(=O)CCCCCNC(=O)NC1CCCCC1. The maximum atomic E-state index is 11.7. The fraction of sp³-hybridized carbons (Fsp3) is 0.812. The molecule has 132 valence electrons. The zero-order valence-corrected chi connectivity index (χ0v) is 14.0. The van der Waals surface area contributed by atoms with Crippen molar-refractivity contribution >= 4 is 17.9 Å². The summed E-state index contributed by atoms with van der Waals surface area (Å²) in [5.74, 6) is -1.16. The number of urea groups is 1. The molecule has 3 amide bonds. The molecule has 0 aromatic heterocycles. The van der Waals surface area contributed by atoms with Crippen LogP contribution in [0.1, 0.15) is 57.8 Å². The fourth-order valence-electron chi connectivity index (χ4n) is 2.75. The third-order valence-corrected chi connectivity index (χ3v) is 4.09. The smallest absolute Gasteiger partial charge is 0.323 e. The van der Waals surface area contributed by atoms with E-state index in [2.05, 4.69) is 10.6 Å². The number of nitrogens with zero attached hydrogens (tertiary/aromatic N) is 1. The van der Waals surface area contributed by atoms with E-state index in [1.165, 1.54) is 31.2 Å². The first-order valence-corrected chi connectivity index (χ1v) is 8.49. The Bertz CT molecular complexity index is 395. The van der Waals surface area contributed by atoms with E-state index in [1.54, 1.807) is 0 Å². The van der Waals surface area contributed by atoms with Gasteiger partial charge in [0.05, 0.1) is 0 Å². The van der Waals surface area contributed by atoms with Crippen molar-refractivity contribution in [3.05, 3.63) is 0 Å². The van der Waals surface area contributed by atoms with Gasteiger partial charge in [0.15, 0.2) is 0 Å². The predicted octanol–water partition coefficient (Wildman–Crippen LogP) is 1.72. The minimum Gasteiger partial charge on any atom is -0.480 e. The molecule has 0 spiro atoms. The highest BCUT2D eigenvalue weighted by atomic mass is 16.4. The Balaban J connectivity index is 1.99. The largest absolute Gasteiger partial charge is 0.480 e. The van der Waals surface area contributed by atoms with Crippen molar-refractivity contribution in [2.24, 2.45) is 0 Å². The molecule has 0 unspecified atom stereocenters. The molecule has 7 heteroatoms. The van der Waals surface area contributed by atoms with Crippen LogP contribution in [0.5, 0.6) is 0 Å². The van der Waals surface area contributed by atoms with E-state index in [-0.39, 0.29) is 18.5 Å². The maximum absolute atomic E-state index is 11.7. The summed E-state index contributed by atoms with van der Waals surface area (Å²) >= 11 is 0. The molecule has 7 nitrogen and oxygen atoms in total. The molecule has 0 bridgehead atoms. The third-order valence-electron chi connectivity index (χ3n) is 4.09. The van der Waals surface area contributed by atoms with Crippen LogP contribution >= 0.6 is 0 Å². The number of hydrogen-bond acceptors (Lipinski definition) is 3. The van der Waals surface area contributed by atoms with Crippen molar-refractivity contribution < 1.29 is 19.5 Å². The van der Waals surface area contributed by atoms with Gasteiger partial charge in [0.2, 0.25) is 5.91 Å². The number of unbranched alkanes of at least 4 members (excludes halogenated alkanes) is 2. The summed E-state index contributed by atoms with van der Waals surface area (Å²) in [7, 11) is 1.49. The number of carboxylic acids is 1. The standard InChI is InChI=1S/C16H29N3O4/c1-19(12-15(21)22)14(20)10-6-3-7-11-17-16(23)18-13-8-4-2-5-9-13/h13H,2-12H2,1H3,(H,21,22)(H2,17,18,23). The first-order valence-electron chi connectivity index (χ1n) is 8.49. The fourth-order valence-corrected chi connectivity index (χ4v) is 2.75. The minimum atomic E-state index is -1.01. The van der Waals surface area contributed by atoms with Crippen LogP contribution in [0.3, 0.4) is 0 Å². The summed E-state index contributed by atoms with van der Waals surface area (Å²) < 4.78 is 0. The van der Waals surface area contributed by atoms with Crippen LogP contribution in [0.15, 0.2) is 0 Å². The number of hydrogen-bond donors (Lipinski definition) is 3. The second kappa shape index (κ2) is 10.9. The van der Waals surface area contributed by atoms with E-state index in [1.807, 2.05) is 0 Å². The van der Waals surface area contributed by atoms with E-state index in [9.17, 15) is 14.4 Å². The lowest BCUT2D eigenvalue weighted by atomic mass is 9.96. The van der Waals surface area contributed by atoms with E-state index in [0.29, 0.717) is 25.4 Å². The summed E-state index contributed by atoms with van der Waals surface area (Å²) in [6, 6.07) is 0.209. The topological polar surface area (TPSA) is 98.7 Å². The first kappa shape index (κ1) is 19.3. The average Bonchev–Trinajstić information content (AvgIpc) is 2.50. The van der Waals surface area contributed by atoms with Crippen molar-refractivity contribution in [3.63, 3.8) is 0 Å². The molecule has 0 aliphatic heterocycles. The third kappa shape index (κ3) is 9.05. The van der Waals surface area contributed by atoms with Crippen LogP contribution < -0.4 is 10.6 Å². The number of likely N-dealkylation sites (N-methyl/N-ethyl adjacent to an activating group) is 1. The normalized spacial score (nSPS) is 15.0. The highest BCUT2D eigenvalue weighted by Gasteiger charge is 2.15. The van der Waals surface area contributed by atoms with Crippen LogP contribution in [0.25, 0.3) is 0 Å². The zero-order valence-electron chi connectivity index (χ0n) is 14.0. The monoisotopic (exact) mass is 327 g/mol. The second-order valence-electron chi connectivity index (χ2n) is 6.19. The lowest BCUT2D eigenvalue weighted by Gasteiger charge is -2.22.